The van der Waals surface area contributed by atoms with Crippen LogP contribution in [0.25, 0.3) is 0 Å². The zero-order valence-electron chi connectivity index (χ0n) is 24.3. The lowest BCUT2D eigenvalue weighted by Gasteiger charge is -2.70. The second-order valence-corrected chi connectivity index (χ2v) is 15.5. The number of carboxylic acid groups (broad SMARTS) is 1. The quantitative estimate of drug-likeness (QED) is 0.404. The summed E-state index contributed by atoms with van der Waals surface area (Å²) < 4.78 is 5.82. The van der Waals surface area contributed by atoms with Crippen LogP contribution in [0.1, 0.15) is 113 Å². The predicted octanol–water partition coefficient (Wildman–Crippen LogP) is 6.98. The van der Waals surface area contributed by atoms with Crippen LogP contribution in [0.15, 0.2) is 11.6 Å². The van der Waals surface area contributed by atoms with Gasteiger partial charge in [0.1, 0.15) is 6.10 Å². The molecule has 5 nitrogen and oxygen atoms in total. The molecule has 37 heavy (non-hydrogen) atoms. The van der Waals surface area contributed by atoms with Crippen LogP contribution in [0.5, 0.6) is 0 Å². The Balaban J connectivity index is 1.58. The van der Waals surface area contributed by atoms with Crippen LogP contribution in [-0.4, -0.2) is 28.9 Å². The number of fused-ring (bicyclic) bond motifs is 7. The minimum Gasteiger partial charge on any atom is -0.481 e. The van der Waals surface area contributed by atoms with E-state index in [2.05, 4.69) is 41.5 Å². The lowest BCUT2D eigenvalue weighted by atomic mass is 9.33. The summed E-state index contributed by atoms with van der Waals surface area (Å²) in [6.45, 7) is 17.4. The molecule has 5 aliphatic carbocycles. The molecule has 0 radical (unpaired) electrons. The molecule has 5 rings (SSSR count). The van der Waals surface area contributed by atoms with Gasteiger partial charge >= 0.3 is 11.9 Å². The van der Waals surface area contributed by atoms with Crippen molar-refractivity contribution in [1.29, 1.82) is 0 Å². The normalized spacial score (nSPS) is 50.5. The number of esters is 1. The van der Waals surface area contributed by atoms with Crippen molar-refractivity contribution < 1.29 is 24.2 Å². The molecular formula is C32H48O5. The Morgan fingerprint density at radius 1 is 0.919 bits per heavy atom. The number of hydrogen-bond donors (Lipinski definition) is 1. The number of ketones is 1. The van der Waals surface area contributed by atoms with Crippen molar-refractivity contribution in [2.75, 3.05) is 0 Å². The molecule has 0 bridgehead atoms. The van der Waals surface area contributed by atoms with Crippen LogP contribution < -0.4 is 0 Å². The van der Waals surface area contributed by atoms with E-state index in [0.29, 0.717) is 18.8 Å². The molecule has 0 amide bonds. The zero-order chi connectivity index (χ0) is 27.4. The minimum atomic E-state index is -0.729. The van der Waals surface area contributed by atoms with Crippen molar-refractivity contribution in [2.45, 2.75) is 119 Å². The van der Waals surface area contributed by atoms with Crippen LogP contribution in [0, 0.1) is 50.2 Å². The fourth-order valence-corrected chi connectivity index (χ4v) is 10.8. The van der Waals surface area contributed by atoms with Gasteiger partial charge in [0, 0.05) is 18.3 Å². The van der Waals surface area contributed by atoms with Crippen LogP contribution in [-0.2, 0) is 19.1 Å². The first kappa shape index (κ1) is 26.9. The maximum Gasteiger partial charge on any atom is 0.309 e. The Kier molecular flexibility index (Phi) is 5.78. The molecule has 0 saturated heterocycles. The van der Waals surface area contributed by atoms with Gasteiger partial charge in [-0.25, -0.2) is 0 Å². The van der Waals surface area contributed by atoms with Crippen LogP contribution in [0.2, 0.25) is 0 Å². The number of allylic oxidation sites excluding steroid dienone is 2. The topological polar surface area (TPSA) is 80.7 Å². The van der Waals surface area contributed by atoms with Crippen LogP contribution in [0.4, 0.5) is 0 Å². The summed E-state index contributed by atoms with van der Waals surface area (Å²) in [4.78, 5) is 38.5. The van der Waals surface area contributed by atoms with E-state index in [1.807, 2.05) is 13.0 Å². The van der Waals surface area contributed by atoms with E-state index in [0.717, 1.165) is 44.9 Å². The molecule has 0 aromatic heterocycles. The summed E-state index contributed by atoms with van der Waals surface area (Å²) in [5, 5.41) is 10.1. The van der Waals surface area contributed by atoms with E-state index in [9.17, 15) is 19.5 Å². The fraction of sp³-hybridized carbons (Fsp3) is 0.844. The van der Waals surface area contributed by atoms with Gasteiger partial charge in [-0.15, -0.1) is 0 Å². The largest absolute Gasteiger partial charge is 0.481 e. The molecule has 0 aromatic carbocycles. The molecule has 206 valence electrons. The Labute approximate surface area is 223 Å². The van der Waals surface area contributed by atoms with E-state index in [4.69, 9.17) is 4.74 Å². The summed E-state index contributed by atoms with van der Waals surface area (Å²) in [6.07, 6.45) is 10.0. The highest BCUT2D eigenvalue weighted by Crippen LogP contribution is 2.75. The third-order valence-corrected chi connectivity index (χ3v) is 13.3. The minimum absolute atomic E-state index is 0.0644. The molecule has 0 aromatic rings. The van der Waals surface area contributed by atoms with Crippen molar-refractivity contribution in [1.82, 2.24) is 0 Å². The summed E-state index contributed by atoms with van der Waals surface area (Å²) in [6, 6.07) is 0. The smallest absolute Gasteiger partial charge is 0.309 e. The number of ether oxygens (including phenoxy) is 1. The molecule has 1 N–H and O–H groups in total. The van der Waals surface area contributed by atoms with Crippen molar-refractivity contribution in [2.24, 2.45) is 50.2 Å². The molecule has 0 spiro atoms. The maximum absolute atomic E-state index is 14.4. The average Bonchev–Trinajstić information content (AvgIpc) is 2.78. The summed E-state index contributed by atoms with van der Waals surface area (Å²) in [5.74, 6) is -0.280. The monoisotopic (exact) mass is 512 g/mol. The molecule has 0 aliphatic heterocycles. The lowest BCUT2D eigenvalue weighted by Crippen LogP contribution is -2.66. The molecule has 0 unspecified atom stereocenters. The third kappa shape index (κ3) is 3.43. The van der Waals surface area contributed by atoms with Gasteiger partial charge in [-0.3, -0.25) is 14.4 Å². The Bertz CT molecular complexity index is 1070. The summed E-state index contributed by atoms with van der Waals surface area (Å²) in [5.41, 5.74) is -0.0327. The van der Waals surface area contributed by atoms with E-state index >= 15 is 0 Å². The van der Waals surface area contributed by atoms with E-state index < -0.39 is 11.4 Å². The molecule has 9 atom stereocenters. The van der Waals surface area contributed by atoms with Gasteiger partial charge in [0.15, 0.2) is 5.78 Å². The van der Waals surface area contributed by atoms with Crippen molar-refractivity contribution in [3.63, 3.8) is 0 Å². The zero-order valence-corrected chi connectivity index (χ0v) is 24.3. The first-order chi connectivity index (χ1) is 16.9. The highest BCUT2D eigenvalue weighted by Gasteiger charge is 2.70. The standard InChI is InChI=1S/C32H48O5/c1-19(33)37-24-10-11-30(6)23(27(24,2)3)9-12-32(8)25(30)22(34)17-20-21-18-29(5,26(35)36)14-13-28(21,4)15-16-31(20,32)7/h17,21,23-25H,9-16,18H2,1-8H3,(H,35,36)/t21-,23-,24-,25+,28+,29+,30-,31+,32+/m0/s1. The maximum atomic E-state index is 14.4. The lowest BCUT2D eigenvalue weighted by molar-refractivity contribution is -0.210. The second-order valence-electron chi connectivity index (χ2n) is 15.5. The Morgan fingerprint density at radius 2 is 1.57 bits per heavy atom. The first-order valence-corrected chi connectivity index (χ1v) is 14.6. The van der Waals surface area contributed by atoms with Crippen LogP contribution in [0.3, 0.4) is 0 Å². The SMILES string of the molecule is CC(=O)O[C@H]1CC[C@]2(C)[C@H]3C(=O)C=C4[C@@H]5C[C@](C)(C(=O)O)CC[C@]5(C)CC[C@@]4(C)[C@]3(C)CC[C@H]2C1(C)C. The van der Waals surface area contributed by atoms with Gasteiger partial charge in [-0.1, -0.05) is 47.1 Å². The number of carboxylic acids is 1. The molecule has 4 fully saturated rings. The van der Waals surface area contributed by atoms with Gasteiger partial charge in [-0.2, -0.15) is 0 Å². The van der Waals surface area contributed by atoms with Gasteiger partial charge in [0.05, 0.1) is 5.41 Å². The third-order valence-electron chi connectivity index (χ3n) is 13.3. The van der Waals surface area contributed by atoms with Gasteiger partial charge in [0.2, 0.25) is 0 Å². The average molecular weight is 513 g/mol. The molecule has 0 heterocycles. The number of hydrogen-bond acceptors (Lipinski definition) is 4. The highest BCUT2D eigenvalue weighted by atomic mass is 16.5. The Hall–Kier alpha value is -1.65. The molecule has 4 saturated carbocycles. The summed E-state index contributed by atoms with van der Waals surface area (Å²) >= 11 is 0. The number of rotatable bonds is 2. The first-order valence-electron chi connectivity index (χ1n) is 14.6. The van der Waals surface area contributed by atoms with Crippen molar-refractivity contribution >= 4 is 17.7 Å². The number of aliphatic carboxylic acids is 1. The molecular weight excluding hydrogens is 464 g/mol. The highest BCUT2D eigenvalue weighted by molar-refractivity contribution is 5.95. The van der Waals surface area contributed by atoms with Crippen molar-refractivity contribution in [3.8, 4) is 0 Å². The van der Waals surface area contributed by atoms with Crippen LogP contribution >= 0.6 is 0 Å². The van der Waals surface area contributed by atoms with E-state index in [1.165, 1.54) is 12.5 Å². The van der Waals surface area contributed by atoms with E-state index in [1.54, 1.807) is 0 Å². The number of carbonyl (C=O) groups is 3. The second kappa shape index (κ2) is 7.94. The fourth-order valence-electron chi connectivity index (χ4n) is 10.8. The Morgan fingerprint density at radius 3 is 2.19 bits per heavy atom. The van der Waals surface area contributed by atoms with Gasteiger partial charge < -0.3 is 9.84 Å². The molecule has 5 heteroatoms. The number of carbonyl (C=O) groups excluding carboxylic acids is 2. The van der Waals surface area contributed by atoms with Gasteiger partial charge in [-0.05, 0) is 104 Å². The summed E-state index contributed by atoms with van der Waals surface area (Å²) in [7, 11) is 0. The van der Waals surface area contributed by atoms with Crippen molar-refractivity contribution in [3.05, 3.63) is 11.6 Å². The van der Waals surface area contributed by atoms with E-state index in [-0.39, 0.29) is 56.8 Å². The predicted molar refractivity (Wildman–Crippen MR) is 143 cm³/mol. The molecule has 5 aliphatic rings. The van der Waals surface area contributed by atoms with Gasteiger partial charge in [0.25, 0.3) is 0 Å².